The van der Waals surface area contributed by atoms with E-state index in [9.17, 15) is 0 Å². The zero-order valence-electron chi connectivity index (χ0n) is 11.8. The van der Waals surface area contributed by atoms with Gasteiger partial charge in [0.2, 0.25) is 0 Å². The van der Waals surface area contributed by atoms with E-state index in [0.717, 1.165) is 24.8 Å². The van der Waals surface area contributed by atoms with Crippen LogP contribution in [0, 0.1) is 6.92 Å². The molecule has 2 aliphatic rings. The SMILES string of the molecule is CCn1nc(C)c(Br)c1CNC1CCN2CCCC12. The Morgan fingerprint density at radius 3 is 3.00 bits per heavy atom. The molecule has 0 amide bonds. The molecule has 0 saturated carbocycles. The van der Waals surface area contributed by atoms with Crippen LogP contribution in [0.3, 0.4) is 0 Å². The Balaban J connectivity index is 1.66. The topological polar surface area (TPSA) is 33.1 Å². The third kappa shape index (κ3) is 2.48. The summed E-state index contributed by atoms with van der Waals surface area (Å²) >= 11 is 3.67. The molecular weight excluding hydrogens is 304 g/mol. The number of rotatable bonds is 4. The van der Waals surface area contributed by atoms with E-state index < -0.39 is 0 Å². The fraction of sp³-hybridized carbons (Fsp3) is 0.786. The van der Waals surface area contributed by atoms with Crippen LogP contribution in [-0.4, -0.2) is 39.9 Å². The van der Waals surface area contributed by atoms with Crippen LogP contribution in [0.25, 0.3) is 0 Å². The molecule has 1 aromatic heterocycles. The molecule has 3 heterocycles. The molecule has 106 valence electrons. The maximum atomic E-state index is 4.56. The highest BCUT2D eigenvalue weighted by Gasteiger charge is 2.36. The van der Waals surface area contributed by atoms with Crippen LogP contribution in [0.15, 0.2) is 4.47 Å². The summed E-state index contributed by atoms with van der Waals surface area (Å²) in [6, 6.07) is 1.44. The molecule has 19 heavy (non-hydrogen) atoms. The lowest BCUT2D eigenvalue weighted by Crippen LogP contribution is -2.39. The third-order valence-electron chi connectivity index (χ3n) is 4.59. The van der Waals surface area contributed by atoms with Crippen LogP contribution < -0.4 is 5.32 Å². The quantitative estimate of drug-likeness (QED) is 0.921. The average molecular weight is 327 g/mol. The summed E-state index contributed by atoms with van der Waals surface area (Å²) in [7, 11) is 0. The summed E-state index contributed by atoms with van der Waals surface area (Å²) in [5, 5.41) is 8.33. The second-order valence-electron chi connectivity index (χ2n) is 5.68. The number of halogens is 1. The minimum Gasteiger partial charge on any atom is -0.307 e. The predicted octanol–water partition coefficient (Wildman–Crippen LogP) is 2.30. The second kappa shape index (κ2) is 5.54. The standard InChI is InChI=1S/C14H23BrN4/c1-3-19-13(14(15)10(2)17-19)9-16-11-6-8-18-7-4-5-12(11)18/h11-12,16H,3-9H2,1-2H3. The van der Waals surface area contributed by atoms with Gasteiger partial charge in [-0.3, -0.25) is 9.58 Å². The van der Waals surface area contributed by atoms with E-state index in [-0.39, 0.29) is 0 Å². The van der Waals surface area contributed by atoms with Crippen molar-refractivity contribution >= 4 is 15.9 Å². The Bertz CT molecular complexity index is 457. The molecule has 0 radical (unpaired) electrons. The van der Waals surface area contributed by atoms with Gasteiger partial charge in [0.15, 0.2) is 0 Å². The van der Waals surface area contributed by atoms with Gasteiger partial charge in [0, 0.05) is 31.7 Å². The van der Waals surface area contributed by atoms with E-state index in [0.29, 0.717) is 6.04 Å². The number of fused-ring (bicyclic) bond motifs is 1. The maximum absolute atomic E-state index is 4.56. The summed E-state index contributed by atoms with van der Waals surface area (Å²) in [6.07, 6.45) is 4.03. The summed E-state index contributed by atoms with van der Waals surface area (Å²) < 4.78 is 3.27. The van der Waals surface area contributed by atoms with Crippen molar-refractivity contribution in [3.63, 3.8) is 0 Å². The van der Waals surface area contributed by atoms with Crippen molar-refractivity contribution in [3.05, 3.63) is 15.9 Å². The van der Waals surface area contributed by atoms with Gasteiger partial charge in [-0.05, 0) is 55.6 Å². The molecule has 2 atom stereocenters. The van der Waals surface area contributed by atoms with E-state index >= 15 is 0 Å². The highest BCUT2D eigenvalue weighted by atomic mass is 79.9. The Labute approximate surface area is 123 Å². The minimum atomic E-state index is 0.662. The fourth-order valence-electron chi connectivity index (χ4n) is 3.59. The molecular formula is C14H23BrN4. The molecule has 0 aliphatic carbocycles. The molecule has 0 bridgehead atoms. The number of nitrogens with one attached hydrogen (secondary N) is 1. The normalized spacial score (nSPS) is 27.1. The van der Waals surface area contributed by atoms with Crippen LogP contribution in [0.2, 0.25) is 0 Å². The molecule has 2 unspecified atom stereocenters. The fourth-order valence-corrected chi connectivity index (χ4v) is 4.01. The molecule has 2 aliphatic heterocycles. The van der Waals surface area contributed by atoms with Crippen molar-refractivity contribution in [1.82, 2.24) is 20.0 Å². The van der Waals surface area contributed by atoms with Gasteiger partial charge in [-0.15, -0.1) is 0 Å². The van der Waals surface area contributed by atoms with E-state index in [2.05, 4.69) is 49.8 Å². The van der Waals surface area contributed by atoms with Gasteiger partial charge in [0.25, 0.3) is 0 Å². The Kier molecular flexibility index (Phi) is 3.96. The zero-order chi connectivity index (χ0) is 13.4. The number of hydrogen-bond acceptors (Lipinski definition) is 3. The maximum Gasteiger partial charge on any atom is 0.0739 e. The predicted molar refractivity (Wildman–Crippen MR) is 80.2 cm³/mol. The molecule has 3 rings (SSSR count). The average Bonchev–Trinajstić information content (AvgIpc) is 3.06. The first-order chi connectivity index (χ1) is 9.20. The van der Waals surface area contributed by atoms with Crippen LogP contribution in [0.4, 0.5) is 0 Å². The summed E-state index contributed by atoms with van der Waals surface area (Å²) in [5.74, 6) is 0. The lowest BCUT2D eigenvalue weighted by Gasteiger charge is -2.21. The largest absolute Gasteiger partial charge is 0.307 e. The molecule has 5 heteroatoms. The smallest absolute Gasteiger partial charge is 0.0739 e. The molecule has 1 aromatic rings. The molecule has 0 spiro atoms. The lowest BCUT2D eigenvalue weighted by atomic mass is 10.1. The van der Waals surface area contributed by atoms with E-state index in [1.807, 2.05) is 0 Å². The molecule has 2 fully saturated rings. The van der Waals surface area contributed by atoms with Crippen LogP contribution in [0.1, 0.15) is 37.6 Å². The van der Waals surface area contributed by atoms with E-state index in [1.54, 1.807) is 0 Å². The van der Waals surface area contributed by atoms with Crippen LogP contribution >= 0.6 is 15.9 Å². The molecule has 1 N–H and O–H groups in total. The molecule has 4 nitrogen and oxygen atoms in total. The van der Waals surface area contributed by atoms with Crippen LogP contribution in [-0.2, 0) is 13.1 Å². The molecule has 0 aromatic carbocycles. The zero-order valence-corrected chi connectivity index (χ0v) is 13.4. The Morgan fingerprint density at radius 1 is 1.37 bits per heavy atom. The van der Waals surface area contributed by atoms with Gasteiger partial charge in [-0.2, -0.15) is 5.10 Å². The summed E-state index contributed by atoms with van der Waals surface area (Å²) in [5.41, 5.74) is 2.38. The first-order valence-electron chi connectivity index (χ1n) is 7.40. The second-order valence-corrected chi connectivity index (χ2v) is 6.48. The monoisotopic (exact) mass is 326 g/mol. The number of aryl methyl sites for hydroxylation is 2. The van der Waals surface area contributed by atoms with Crippen molar-refractivity contribution in [2.75, 3.05) is 13.1 Å². The van der Waals surface area contributed by atoms with Crippen molar-refractivity contribution in [2.45, 2.75) is 58.3 Å². The van der Waals surface area contributed by atoms with Crippen molar-refractivity contribution in [3.8, 4) is 0 Å². The number of aromatic nitrogens is 2. The third-order valence-corrected chi connectivity index (χ3v) is 5.62. The van der Waals surface area contributed by atoms with E-state index in [1.165, 1.54) is 42.5 Å². The first kappa shape index (κ1) is 13.6. The highest BCUT2D eigenvalue weighted by molar-refractivity contribution is 9.10. The first-order valence-corrected chi connectivity index (χ1v) is 8.19. The summed E-state index contributed by atoms with van der Waals surface area (Å²) in [4.78, 5) is 2.65. The lowest BCUT2D eigenvalue weighted by molar-refractivity contribution is 0.297. The minimum absolute atomic E-state index is 0.662. The van der Waals surface area contributed by atoms with Gasteiger partial charge >= 0.3 is 0 Å². The van der Waals surface area contributed by atoms with Gasteiger partial charge in [0.1, 0.15) is 0 Å². The number of nitrogens with zero attached hydrogens (tertiary/aromatic N) is 3. The Hall–Kier alpha value is -0.390. The number of hydrogen-bond donors (Lipinski definition) is 1. The summed E-state index contributed by atoms with van der Waals surface area (Å²) in [6.45, 7) is 8.65. The molecule has 2 saturated heterocycles. The van der Waals surface area contributed by atoms with Crippen molar-refractivity contribution < 1.29 is 0 Å². The highest BCUT2D eigenvalue weighted by Crippen LogP contribution is 2.28. The van der Waals surface area contributed by atoms with Gasteiger partial charge in [0.05, 0.1) is 15.9 Å². The van der Waals surface area contributed by atoms with Crippen molar-refractivity contribution in [1.29, 1.82) is 0 Å². The van der Waals surface area contributed by atoms with E-state index in [4.69, 9.17) is 0 Å². The van der Waals surface area contributed by atoms with Gasteiger partial charge < -0.3 is 5.32 Å². The Morgan fingerprint density at radius 2 is 2.21 bits per heavy atom. The van der Waals surface area contributed by atoms with Gasteiger partial charge in [-0.1, -0.05) is 0 Å². The van der Waals surface area contributed by atoms with Gasteiger partial charge in [-0.25, -0.2) is 0 Å². The van der Waals surface area contributed by atoms with Crippen molar-refractivity contribution in [2.24, 2.45) is 0 Å². The van der Waals surface area contributed by atoms with Crippen LogP contribution in [0.5, 0.6) is 0 Å².